The van der Waals surface area contributed by atoms with E-state index in [2.05, 4.69) is 10.00 Å². The van der Waals surface area contributed by atoms with Gasteiger partial charge in [0.15, 0.2) is 10.8 Å². The van der Waals surface area contributed by atoms with Crippen LogP contribution in [0.25, 0.3) is 16.7 Å². The SMILES string of the molecule is O=C(CC1CSc2nc3c(cnn3-c3ccc(Cl)cc3)c(=O)n21)N1CCN(c2ccc(F)cc2)CC1. The molecule has 2 aromatic carbocycles. The molecule has 4 aromatic rings. The Balaban J connectivity index is 1.18. The Morgan fingerprint density at radius 3 is 2.44 bits per heavy atom. The molecule has 0 aliphatic carbocycles. The number of amides is 1. The molecular formula is C25H22ClFN6O2S. The van der Waals surface area contributed by atoms with Crippen molar-refractivity contribution in [3.05, 3.63) is 75.9 Å². The second-order valence-corrected chi connectivity index (χ2v) is 10.3. The van der Waals surface area contributed by atoms with Gasteiger partial charge < -0.3 is 9.80 Å². The van der Waals surface area contributed by atoms with E-state index in [4.69, 9.17) is 16.6 Å². The number of hydrogen-bond donors (Lipinski definition) is 0. The van der Waals surface area contributed by atoms with Gasteiger partial charge in [-0.2, -0.15) is 5.10 Å². The lowest BCUT2D eigenvalue weighted by Crippen LogP contribution is -2.49. The predicted octanol–water partition coefficient (Wildman–Crippen LogP) is 3.76. The number of piperazine rings is 1. The number of rotatable bonds is 4. The number of anilines is 1. The van der Waals surface area contributed by atoms with Crippen molar-refractivity contribution in [2.45, 2.75) is 17.6 Å². The fourth-order valence-electron chi connectivity index (χ4n) is 4.75. The third-order valence-corrected chi connectivity index (χ3v) is 8.03. The molecule has 8 nitrogen and oxygen atoms in total. The Labute approximate surface area is 215 Å². The zero-order valence-corrected chi connectivity index (χ0v) is 20.8. The first kappa shape index (κ1) is 23.1. The van der Waals surface area contributed by atoms with Crippen LogP contribution in [0.4, 0.5) is 10.1 Å². The second-order valence-electron chi connectivity index (χ2n) is 8.85. The molecule has 0 radical (unpaired) electrons. The van der Waals surface area contributed by atoms with Gasteiger partial charge in [0.1, 0.15) is 11.2 Å². The quantitative estimate of drug-likeness (QED) is 0.378. The second kappa shape index (κ2) is 9.25. The summed E-state index contributed by atoms with van der Waals surface area (Å²) in [6, 6.07) is 13.3. The molecule has 2 aliphatic heterocycles. The van der Waals surface area contributed by atoms with Crippen LogP contribution >= 0.6 is 23.4 Å². The van der Waals surface area contributed by atoms with Crippen molar-refractivity contribution in [1.29, 1.82) is 0 Å². The van der Waals surface area contributed by atoms with Crippen molar-refractivity contribution in [3.63, 3.8) is 0 Å². The van der Waals surface area contributed by atoms with E-state index in [0.29, 0.717) is 53.1 Å². The van der Waals surface area contributed by atoms with Crippen molar-refractivity contribution in [2.24, 2.45) is 0 Å². The monoisotopic (exact) mass is 524 g/mol. The predicted molar refractivity (Wildman–Crippen MR) is 138 cm³/mol. The lowest BCUT2D eigenvalue weighted by atomic mass is 10.1. The molecule has 1 unspecified atom stereocenters. The Kier molecular flexibility index (Phi) is 5.93. The normalized spacial score (nSPS) is 17.6. The van der Waals surface area contributed by atoms with Gasteiger partial charge >= 0.3 is 0 Å². The minimum atomic E-state index is -0.262. The largest absolute Gasteiger partial charge is 0.368 e. The molecule has 36 heavy (non-hydrogen) atoms. The fourth-order valence-corrected chi connectivity index (χ4v) is 6.01. The summed E-state index contributed by atoms with van der Waals surface area (Å²) in [5.74, 6) is 0.377. The maximum absolute atomic E-state index is 13.4. The van der Waals surface area contributed by atoms with Gasteiger partial charge in [-0.05, 0) is 48.5 Å². The molecule has 1 fully saturated rings. The van der Waals surface area contributed by atoms with Gasteiger partial charge in [0.05, 0.1) is 17.9 Å². The van der Waals surface area contributed by atoms with E-state index < -0.39 is 0 Å². The number of nitrogens with zero attached hydrogens (tertiary/aromatic N) is 6. The van der Waals surface area contributed by atoms with Crippen molar-refractivity contribution >= 4 is 46.0 Å². The van der Waals surface area contributed by atoms with E-state index in [-0.39, 0.29) is 29.7 Å². The Hall–Kier alpha value is -3.37. The lowest BCUT2D eigenvalue weighted by Gasteiger charge is -2.36. The molecule has 0 N–H and O–H groups in total. The van der Waals surface area contributed by atoms with E-state index >= 15 is 0 Å². The standard InChI is InChI=1S/C25H22ClFN6O2S/c26-16-1-5-19(6-2-16)33-23-21(14-28-33)24(35)32-20(15-36-25(32)29-23)13-22(34)31-11-9-30(10-12-31)18-7-3-17(27)4-8-18/h1-8,14,20H,9-13,15H2. The summed E-state index contributed by atoms with van der Waals surface area (Å²) in [5.41, 5.74) is 2.02. The average Bonchev–Trinajstić information content (AvgIpc) is 3.50. The zero-order chi connectivity index (χ0) is 24.8. The number of hydrogen-bond acceptors (Lipinski definition) is 6. The van der Waals surface area contributed by atoms with Gasteiger partial charge in [0, 0.05) is 49.1 Å². The van der Waals surface area contributed by atoms with Crippen LogP contribution in [0.5, 0.6) is 0 Å². The molecular weight excluding hydrogens is 503 g/mol. The lowest BCUT2D eigenvalue weighted by molar-refractivity contribution is -0.132. The minimum absolute atomic E-state index is 0.0241. The highest BCUT2D eigenvalue weighted by Crippen LogP contribution is 2.34. The number of carbonyl (C=O) groups excluding carboxylic acids is 1. The number of fused-ring (bicyclic) bond motifs is 2. The maximum atomic E-state index is 13.4. The number of carbonyl (C=O) groups is 1. The summed E-state index contributed by atoms with van der Waals surface area (Å²) in [6.07, 6.45) is 1.78. The summed E-state index contributed by atoms with van der Waals surface area (Å²) < 4.78 is 16.5. The Morgan fingerprint density at radius 2 is 1.72 bits per heavy atom. The van der Waals surface area contributed by atoms with Gasteiger partial charge in [0.25, 0.3) is 5.56 Å². The third-order valence-electron chi connectivity index (χ3n) is 6.68. The van der Waals surface area contributed by atoms with Gasteiger partial charge in [-0.25, -0.2) is 14.1 Å². The summed E-state index contributed by atoms with van der Waals surface area (Å²) in [4.78, 5) is 35.2. The first-order chi connectivity index (χ1) is 17.5. The number of halogens is 2. The van der Waals surface area contributed by atoms with Crippen LogP contribution in [0, 0.1) is 5.82 Å². The zero-order valence-electron chi connectivity index (χ0n) is 19.2. The first-order valence-electron chi connectivity index (χ1n) is 11.7. The third kappa shape index (κ3) is 4.14. The molecule has 11 heteroatoms. The minimum Gasteiger partial charge on any atom is -0.368 e. The average molecular weight is 525 g/mol. The van der Waals surface area contributed by atoms with Crippen LogP contribution in [0.3, 0.4) is 0 Å². The molecule has 4 heterocycles. The molecule has 2 aromatic heterocycles. The highest BCUT2D eigenvalue weighted by Gasteiger charge is 2.31. The van der Waals surface area contributed by atoms with Crippen LogP contribution in [0.15, 0.2) is 64.7 Å². The maximum Gasteiger partial charge on any atom is 0.265 e. The summed E-state index contributed by atoms with van der Waals surface area (Å²) >= 11 is 7.48. The molecule has 6 rings (SSSR count). The molecule has 184 valence electrons. The summed E-state index contributed by atoms with van der Waals surface area (Å²) in [6.45, 7) is 2.53. The smallest absolute Gasteiger partial charge is 0.265 e. The van der Waals surface area contributed by atoms with Crippen LogP contribution in [-0.2, 0) is 4.79 Å². The summed E-state index contributed by atoms with van der Waals surface area (Å²) in [5, 5.41) is 6.01. The van der Waals surface area contributed by atoms with Gasteiger partial charge in [0.2, 0.25) is 5.91 Å². The van der Waals surface area contributed by atoms with E-state index in [9.17, 15) is 14.0 Å². The Bertz CT molecular complexity index is 1500. The molecule has 1 saturated heterocycles. The van der Waals surface area contributed by atoms with E-state index in [1.54, 1.807) is 33.5 Å². The molecule has 0 spiro atoms. The topological polar surface area (TPSA) is 76.3 Å². The van der Waals surface area contributed by atoms with Gasteiger partial charge in [-0.1, -0.05) is 23.4 Å². The number of thioether (sulfide) groups is 1. The van der Waals surface area contributed by atoms with E-state index in [0.717, 1.165) is 11.4 Å². The Morgan fingerprint density at radius 1 is 1.03 bits per heavy atom. The molecule has 1 amide bonds. The first-order valence-corrected chi connectivity index (χ1v) is 13.0. The van der Waals surface area contributed by atoms with Gasteiger partial charge in [-0.3, -0.25) is 14.2 Å². The number of benzene rings is 2. The fraction of sp³-hybridized carbons (Fsp3) is 0.280. The van der Waals surface area contributed by atoms with Crippen molar-refractivity contribution < 1.29 is 9.18 Å². The molecule has 0 saturated carbocycles. The molecule has 2 aliphatic rings. The highest BCUT2D eigenvalue weighted by atomic mass is 35.5. The van der Waals surface area contributed by atoms with Crippen LogP contribution in [-0.4, -0.2) is 62.1 Å². The van der Waals surface area contributed by atoms with Crippen LogP contribution in [0.2, 0.25) is 5.02 Å². The van der Waals surface area contributed by atoms with Crippen LogP contribution in [0.1, 0.15) is 12.5 Å². The van der Waals surface area contributed by atoms with E-state index in [1.807, 2.05) is 17.0 Å². The number of aromatic nitrogens is 4. The van der Waals surface area contributed by atoms with Crippen molar-refractivity contribution in [3.8, 4) is 5.69 Å². The highest BCUT2D eigenvalue weighted by molar-refractivity contribution is 7.99. The van der Waals surface area contributed by atoms with Crippen molar-refractivity contribution in [2.75, 3.05) is 36.8 Å². The molecule has 1 atom stereocenters. The molecule has 0 bridgehead atoms. The van der Waals surface area contributed by atoms with Gasteiger partial charge in [-0.15, -0.1) is 0 Å². The van der Waals surface area contributed by atoms with E-state index in [1.165, 1.54) is 30.1 Å². The summed E-state index contributed by atoms with van der Waals surface area (Å²) in [7, 11) is 0. The van der Waals surface area contributed by atoms with Crippen LogP contribution < -0.4 is 10.5 Å². The van der Waals surface area contributed by atoms with Crippen molar-refractivity contribution in [1.82, 2.24) is 24.2 Å².